The fourth-order valence-electron chi connectivity index (χ4n) is 3.83. The van der Waals surface area contributed by atoms with Gasteiger partial charge in [0.15, 0.2) is 0 Å². The second kappa shape index (κ2) is 12.6. The molecule has 1 N–H and O–H groups in total. The van der Waals surface area contributed by atoms with Gasteiger partial charge in [-0.25, -0.2) is 4.98 Å². The highest BCUT2D eigenvalue weighted by Gasteiger charge is 2.13. The molecule has 1 heterocycles. The maximum atomic E-state index is 12.8. The summed E-state index contributed by atoms with van der Waals surface area (Å²) in [5, 5.41) is 3.18. The predicted octanol–water partition coefficient (Wildman–Crippen LogP) is 6.08. The third-order valence-electron chi connectivity index (χ3n) is 5.53. The molecule has 0 aliphatic rings. The van der Waals surface area contributed by atoms with Gasteiger partial charge in [-0.2, -0.15) is 0 Å². The van der Waals surface area contributed by atoms with Gasteiger partial charge in [0.1, 0.15) is 5.75 Å². The third kappa shape index (κ3) is 7.35. The summed E-state index contributed by atoms with van der Waals surface area (Å²) in [5.74, 6) is 1.37. The minimum atomic E-state index is -0.0329. The molecule has 0 bridgehead atoms. The van der Waals surface area contributed by atoms with Gasteiger partial charge in [0.05, 0.1) is 19.4 Å². The van der Waals surface area contributed by atoms with Crippen molar-refractivity contribution in [2.24, 2.45) is 0 Å². The van der Waals surface area contributed by atoms with Gasteiger partial charge < -0.3 is 14.8 Å². The van der Waals surface area contributed by atoms with Crippen LogP contribution >= 0.6 is 0 Å². The Hall–Kier alpha value is -3.34. The molecule has 0 aliphatic carbocycles. The number of methoxy groups -OCH3 is 1. The summed E-state index contributed by atoms with van der Waals surface area (Å²) in [5.41, 5.74) is 3.47. The summed E-state index contributed by atoms with van der Waals surface area (Å²) in [4.78, 5) is 17.5. The molecule has 2 aromatic carbocycles. The Morgan fingerprint density at radius 1 is 0.970 bits per heavy atom. The van der Waals surface area contributed by atoms with Crippen LogP contribution in [0.15, 0.2) is 66.7 Å². The fraction of sp³-hybridized carbons (Fsp3) is 0.357. The number of carbonyl (C=O) groups excluding carboxylic acids is 1. The molecule has 0 unspecified atom stereocenters. The van der Waals surface area contributed by atoms with E-state index in [1.165, 1.54) is 0 Å². The Kier molecular flexibility index (Phi) is 9.31. The Labute approximate surface area is 197 Å². The normalized spacial score (nSPS) is 10.8. The van der Waals surface area contributed by atoms with Crippen molar-refractivity contribution in [2.45, 2.75) is 52.0 Å². The number of benzene rings is 2. The lowest BCUT2D eigenvalue weighted by molar-refractivity contribution is 0.0932. The van der Waals surface area contributed by atoms with E-state index in [0.29, 0.717) is 18.1 Å². The van der Waals surface area contributed by atoms with Crippen LogP contribution in [-0.4, -0.2) is 30.6 Å². The summed E-state index contributed by atoms with van der Waals surface area (Å²) >= 11 is 0. The number of carbonyl (C=O) groups is 1. The highest BCUT2D eigenvalue weighted by molar-refractivity contribution is 5.95. The van der Waals surface area contributed by atoms with Crippen LogP contribution in [0.25, 0.3) is 11.3 Å². The lowest BCUT2D eigenvalue weighted by Gasteiger charge is -2.17. The zero-order chi connectivity index (χ0) is 23.5. The molecule has 5 heteroatoms. The molecule has 0 saturated carbocycles. The first kappa shape index (κ1) is 24.3. The highest BCUT2D eigenvalue weighted by Crippen LogP contribution is 2.22. The van der Waals surface area contributed by atoms with Crippen molar-refractivity contribution in [3.63, 3.8) is 0 Å². The minimum absolute atomic E-state index is 0.0329. The quantitative estimate of drug-likeness (QED) is 0.366. The van der Waals surface area contributed by atoms with Gasteiger partial charge in [0.2, 0.25) is 5.88 Å². The van der Waals surface area contributed by atoms with E-state index in [1.807, 2.05) is 60.7 Å². The first-order chi connectivity index (χ1) is 16.1. The Morgan fingerprint density at radius 3 is 2.48 bits per heavy atom. The number of pyridine rings is 1. The summed E-state index contributed by atoms with van der Waals surface area (Å²) in [6.45, 7) is 4.81. The van der Waals surface area contributed by atoms with E-state index in [4.69, 9.17) is 9.47 Å². The van der Waals surface area contributed by atoms with E-state index in [1.54, 1.807) is 7.11 Å². The number of nitrogens with zero attached hydrogens (tertiary/aromatic N) is 1. The molecule has 3 rings (SSSR count). The number of hydrogen-bond acceptors (Lipinski definition) is 4. The molecule has 0 spiro atoms. The second-order valence-electron chi connectivity index (χ2n) is 8.14. The van der Waals surface area contributed by atoms with E-state index < -0.39 is 0 Å². The largest absolute Gasteiger partial charge is 0.497 e. The van der Waals surface area contributed by atoms with Crippen molar-refractivity contribution < 1.29 is 14.3 Å². The molecule has 0 fully saturated rings. The third-order valence-corrected chi connectivity index (χ3v) is 5.53. The predicted molar refractivity (Wildman–Crippen MR) is 133 cm³/mol. The molecule has 33 heavy (non-hydrogen) atoms. The second-order valence-corrected chi connectivity index (χ2v) is 8.14. The smallest absolute Gasteiger partial charge is 0.251 e. The maximum absolute atomic E-state index is 12.8. The van der Waals surface area contributed by atoms with Gasteiger partial charge in [0, 0.05) is 29.7 Å². The van der Waals surface area contributed by atoms with Crippen LogP contribution in [0.2, 0.25) is 0 Å². The van der Waals surface area contributed by atoms with Crippen LogP contribution in [0.1, 0.15) is 55.5 Å². The topological polar surface area (TPSA) is 60.5 Å². The van der Waals surface area contributed by atoms with Crippen LogP contribution in [0, 0.1) is 0 Å². The summed E-state index contributed by atoms with van der Waals surface area (Å²) in [7, 11) is 1.67. The van der Waals surface area contributed by atoms with Crippen LogP contribution in [0.3, 0.4) is 0 Å². The Bertz CT molecular complexity index is 1030. The molecule has 0 saturated heterocycles. The summed E-state index contributed by atoms with van der Waals surface area (Å²) in [6.07, 6.45) is 4.86. The number of amides is 1. The molecule has 5 nitrogen and oxygen atoms in total. The highest BCUT2D eigenvalue weighted by atomic mass is 16.5. The van der Waals surface area contributed by atoms with E-state index in [2.05, 4.69) is 30.2 Å². The molecule has 0 atom stereocenters. The van der Waals surface area contributed by atoms with Crippen molar-refractivity contribution in [2.75, 3.05) is 13.7 Å². The zero-order valence-corrected chi connectivity index (χ0v) is 19.8. The average Bonchev–Trinajstić information content (AvgIpc) is 2.85. The number of rotatable bonds is 12. The first-order valence-corrected chi connectivity index (χ1v) is 11.8. The lowest BCUT2D eigenvalue weighted by atomic mass is 10.0. The van der Waals surface area contributed by atoms with Gasteiger partial charge in [-0.1, -0.05) is 57.0 Å². The first-order valence-electron chi connectivity index (χ1n) is 11.8. The molecular formula is C28H34N2O3. The van der Waals surface area contributed by atoms with E-state index in [-0.39, 0.29) is 11.9 Å². The number of ether oxygens (including phenoxy) is 2. The van der Waals surface area contributed by atoms with Crippen molar-refractivity contribution in [3.05, 3.63) is 77.9 Å². The van der Waals surface area contributed by atoms with E-state index >= 15 is 0 Å². The van der Waals surface area contributed by atoms with Crippen LogP contribution < -0.4 is 14.8 Å². The van der Waals surface area contributed by atoms with Crippen LogP contribution in [0.5, 0.6) is 11.6 Å². The lowest BCUT2D eigenvalue weighted by Crippen LogP contribution is -2.34. The molecular weight excluding hydrogens is 412 g/mol. The van der Waals surface area contributed by atoms with E-state index in [9.17, 15) is 4.79 Å². The van der Waals surface area contributed by atoms with Gasteiger partial charge in [-0.05, 0) is 48.7 Å². The monoisotopic (exact) mass is 446 g/mol. The molecule has 0 aliphatic heterocycles. The maximum Gasteiger partial charge on any atom is 0.251 e. The van der Waals surface area contributed by atoms with Crippen molar-refractivity contribution in [3.8, 4) is 22.9 Å². The van der Waals surface area contributed by atoms with Gasteiger partial charge in [0.25, 0.3) is 5.91 Å². The number of aromatic nitrogens is 1. The molecule has 3 aromatic rings. The average molecular weight is 447 g/mol. The molecule has 0 radical (unpaired) electrons. The molecule has 1 aromatic heterocycles. The van der Waals surface area contributed by atoms with Gasteiger partial charge in [-0.3, -0.25) is 4.79 Å². The Morgan fingerprint density at radius 2 is 1.73 bits per heavy atom. The van der Waals surface area contributed by atoms with Gasteiger partial charge in [-0.15, -0.1) is 0 Å². The van der Waals surface area contributed by atoms with Crippen molar-refractivity contribution >= 4 is 5.91 Å². The van der Waals surface area contributed by atoms with Crippen molar-refractivity contribution in [1.82, 2.24) is 10.3 Å². The zero-order valence-electron chi connectivity index (χ0n) is 19.8. The van der Waals surface area contributed by atoms with Crippen molar-refractivity contribution in [1.29, 1.82) is 0 Å². The van der Waals surface area contributed by atoms with Crippen LogP contribution in [-0.2, 0) is 6.42 Å². The summed E-state index contributed by atoms with van der Waals surface area (Å²) in [6, 6.07) is 21.5. The van der Waals surface area contributed by atoms with E-state index in [0.717, 1.165) is 54.7 Å². The number of nitrogens with one attached hydrogen (secondary N) is 1. The Balaban J connectivity index is 1.65. The molecule has 174 valence electrons. The van der Waals surface area contributed by atoms with Crippen LogP contribution in [0.4, 0.5) is 0 Å². The fourth-order valence-corrected chi connectivity index (χ4v) is 3.83. The van der Waals surface area contributed by atoms with Gasteiger partial charge >= 0.3 is 0 Å². The summed E-state index contributed by atoms with van der Waals surface area (Å²) < 4.78 is 11.2. The SMILES string of the molecule is CCCC(CCC)NC(=O)c1cccc(-c2cccc(OCCc3cccc(OC)c3)n2)c1. The standard InChI is InChI=1S/C28H34N2O3/c1-4-9-24(10-5-2)29-28(31)23-13-7-12-22(20-23)26-15-8-16-27(30-26)33-18-17-21-11-6-14-25(19-21)32-3/h6-8,11-16,19-20,24H,4-5,9-10,17-18H2,1-3H3,(H,29,31). The number of hydrogen-bond donors (Lipinski definition) is 1. The minimum Gasteiger partial charge on any atom is -0.497 e. The molecule has 1 amide bonds.